The minimum absolute atomic E-state index is 1.02. The van der Waals surface area contributed by atoms with Gasteiger partial charge in [-0.25, -0.2) is 19.9 Å². The lowest BCUT2D eigenvalue weighted by Gasteiger charge is -2.19. The Balaban J connectivity index is 1.62. The molecule has 0 N–H and O–H groups in total. The molecule has 4 heterocycles. The van der Waals surface area contributed by atoms with Gasteiger partial charge in [-0.3, -0.25) is 0 Å². The third-order valence-corrected chi connectivity index (χ3v) is 9.78. The molecule has 8 heteroatoms. The van der Waals surface area contributed by atoms with E-state index < -0.39 is 0 Å². The fourth-order valence-corrected chi connectivity index (χ4v) is 7.80. The lowest BCUT2D eigenvalue weighted by molar-refractivity contribution is 1.41. The highest BCUT2D eigenvalue weighted by atomic mass is 32.1. The zero-order chi connectivity index (χ0) is 23.6. The van der Waals surface area contributed by atoms with Gasteiger partial charge in [0.25, 0.3) is 0 Å². The molecule has 0 aliphatic carbocycles. The predicted molar refractivity (Wildman–Crippen MR) is 155 cm³/mol. The van der Waals surface area contributed by atoms with Crippen molar-refractivity contribution in [1.29, 1.82) is 0 Å². The van der Waals surface area contributed by atoms with Gasteiger partial charge in [-0.15, -0.1) is 45.3 Å². The molecule has 0 spiro atoms. The van der Waals surface area contributed by atoms with E-state index in [2.05, 4.69) is 36.4 Å². The highest BCUT2D eigenvalue weighted by Crippen LogP contribution is 2.48. The molecule has 0 fully saturated rings. The summed E-state index contributed by atoms with van der Waals surface area (Å²) < 4.78 is 0. The van der Waals surface area contributed by atoms with Gasteiger partial charge >= 0.3 is 0 Å². The Labute approximate surface area is 221 Å². The number of hydrogen-bond donors (Lipinski definition) is 0. The van der Waals surface area contributed by atoms with Gasteiger partial charge < -0.3 is 0 Å². The summed E-state index contributed by atoms with van der Waals surface area (Å²) in [7, 11) is 0. The Morgan fingerprint density at radius 3 is 0.889 bits per heavy atom. The maximum atomic E-state index is 4.69. The molecule has 36 heavy (non-hydrogen) atoms. The Bertz CT molecular complexity index is 1690. The maximum absolute atomic E-state index is 4.69. The molecule has 0 aliphatic heterocycles. The molecule has 8 aromatic rings. The zero-order valence-corrected chi connectivity index (χ0v) is 21.8. The van der Waals surface area contributed by atoms with Crippen LogP contribution in [0.3, 0.4) is 0 Å². The van der Waals surface area contributed by atoms with E-state index in [4.69, 9.17) is 19.9 Å². The predicted octanol–water partition coefficient (Wildman–Crippen LogP) is 9.08. The van der Waals surface area contributed by atoms with E-state index in [0.717, 1.165) is 42.3 Å². The zero-order valence-electron chi connectivity index (χ0n) is 18.5. The fraction of sp³-hybridized carbons (Fsp3) is 0. The quantitative estimate of drug-likeness (QED) is 0.211. The number of thiazole rings is 4. The molecular weight excluding hydrogens is 521 g/mol. The summed E-state index contributed by atoms with van der Waals surface area (Å²) in [4.78, 5) is 18.8. The van der Waals surface area contributed by atoms with E-state index in [1.54, 1.807) is 45.3 Å². The van der Waals surface area contributed by atoms with Crippen molar-refractivity contribution < 1.29 is 0 Å². The van der Waals surface area contributed by atoms with Gasteiger partial charge in [-0.05, 0) is 44.5 Å². The monoisotopic (exact) mass is 534 g/mol. The van der Waals surface area contributed by atoms with Crippen LogP contribution in [0.1, 0.15) is 0 Å². The van der Waals surface area contributed by atoms with Gasteiger partial charge in [0.2, 0.25) is 0 Å². The highest BCUT2D eigenvalue weighted by molar-refractivity contribution is 7.14. The van der Waals surface area contributed by atoms with Crippen molar-refractivity contribution in [2.24, 2.45) is 0 Å². The van der Waals surface area contributed by atoms with E-state index in [1.807, 2.05) is 46.3 Å². The summed E-state index contributed by atoms with van der Waals surface area (Å²) in [5.74, 6) is 0. The largest absolute Gasteiger partial charge is 0.245 e. The van der Waals surface area contributed by atoms with Crippen molar-refractivity contribution in [3.63, 3.8) is 0 Å². The van der Waals surface area contributed by atoms with Crippen LogP contribution >= 0.6 is 45.3 Å². The molecule has 0 aliphatic rings. The first-order valence-corrected chi connectivity index (χ1v) is 14.8. The molecule has 4 nitrogen and oxygen atoms in total. The molecular formula is C28H14N4S4. The van der Waals surface area contributed by atoms with Gasteiger partial charge in [-0.1, -0.05) is 24.3 Å². The minimum atomic E-state index is 1.02. The summed E-state index contributed by atoms with van der Waals surface area (Å²) in [5.41, 5.74) is 4.58. The summed E-state index contributed by atoms with van der Waals surface area (Å²) in [6.45, 7) is 0. The number of hydrogen-bond acceptors (Lipinski definition) is 8. The molecule has 0 radical (unpaired) electrons. The highest BCUT2D eigenvalue weighted by Gasteiger charge is 2.22. The SMILES string of the molecule is c1csc(-c2cc(-c3nccs3)c3ccc4c(-c5nccs5)cc(-c5nccs5)c5ccc2c3c54)n1. The number of aromatic nitrogens is 4. The van der Waals surface area contributed by atoms with Gasteiger partial charge in [-0.2, -0.15) is 0 Å². The van der Waals surface area contributed by atoms with E-state index in [1.165, 1.54) is 32.3 Å². The smallest absolute Gasteiger partial charge is 0.123 e. The second kappa shape index (κ2) is 7.97. The van der Waals surface area contributed by atoms with Crippen LogP contribution in [0.4, 0.5) is 0 Å². The Morgan fingerprint density at radius 1 is 0.389 bits per heavy atom. The molecule has 170 valence electrons. The average molecular weight is 535 g/mol. The molecule has 0 atom stereocenters. The Hall–Kier alpha value is -3.56. The van der Waals surface area contributed by atoms with Crippen LogP contribution in [0, 0.1) is 0 Å². The van der Waals surface area contributed by atoms with Gasteiger partial charge in [0, 0.05) is 68.6 Å². The molecule has 4 aromatic carbocycles. The first-order valence-electron chi connectivity index (χ1n) is 11.2. The summed E-state index contributed by atoms with van der Waals surface area (Å²) >= 11 is 6.68. The number of nitrogens with zero attached hydrogens (tertiary/aromatic N) is 4. The maximum Gasteiger partial charge on any atom is 0.123 e. The minimum Gasteiger partial charge on any atom is -0.245 e. The third kappa shape index (κ3) is 2.96. The third-order valence-electron chi connectivity index (χ3n) is 6.55. The van der Waals surface area contributed by atoms with Crippen molar-refractivity contribution in [3.05, 3.63) is 82.7 Å². The molecule has 0 unspecified atom stereocenters. The van der Waals surface area contributed by atoms with Crippen LogP contribution in [0.2, 0.25) is 0 Å². The van der Waals surface area contributed by atoms with E-state index >= 15 is 0 Å². The van der Waals surface area contributed by atoms with Crippen molar-refractivity contribution >= 4 is 77.7 Å². The Kier molecular flexibility index (Phi) is 4.57. The van der Waals surface area contributed by atoms with Crippen LogP contribution in [0.5, 0.6) is 0 Å². The normalized spacial score (nSPS) is 11.9. The molecule has 0 saturated carbocycles. The average Bonchev–Trinajstić information content (AvgIpc) is 3.74. The van der Waals surface area contributed by atoms with Crippen LogP contribution in [-0.2, 0) is 0 Å². The van der Waals surface area contributed by atoms with E-state index in [9.17, 15) is 0 Å². The molecule has 4 aromatic heterocycles. The number of benzene rings is 4. The standard InChI is InChI=1S/C28H14N4S4/c1-2-16-20(26-30-6-10-34-26)14-22(28-32-8-12-36-28)18-4-3-17-21(27-31-7-11-35-27)13-19(25-29-5-9-33-25)15(1)23(17)24(16)18/h1-14H. The van der Waals surface area contributed by atoms with Gasteiger partial charge in [0.15, 0.2) is 0 Å². The van der Waals surface area contributed by atoms with Crippen molar-refractivity contribution in [3.8, 4) is 42.3 Å². The summed E-state index contributed by atoms with van der Waals surface area (Å²) in [5, 5.41) is 19.6. The lowest BCUT2D eigenvalue weighted by Crippen LogP contribution is -1.93. The summed E-state index contributed by atoms with van der Waals surface area (Å²) in [6, 6.07) is 13.6. The second-order valence-corrected chi connectivity index (χ2v) is 11.9. The fourth-order valence-electron chi connectivity index (χ4n) is 5.13. The van der Waals surface area contributed by atoms with Gasteiger partial charge in [0.05, 0.1) is 0 Å². The van der Waals surface area contributed by atoms with Crippen LogP contribution < -0.4 is 0 Å². The second-order valence-electron chi connectivity index (χ2n) is 8.36. The van der Waals surface area contributed by atoms with Crippen molar-refractivity contribution in [1.82, 2.24) is 19.9 Å². The van der Waals surface area contributed by atoms with E-state index in [-0.39, 0.29) is 0 Å². The van der Waals surface area contributed by atoms with Crippen molar-refractivity contribution in [2.45, 2.75) is 0 Å². The molecule has 0 saturated heterocycles. The van der Waals surface area contributed by atoms with Crippen LogP contribution in [-0.4, -0.2) is 19.9 Å². The Morgan fingerprint density at radius 2 is 0.667 bits per heavy atom. The topological polar surface area (TPSA) is 51.6 Å². The van der Waals surface area contributed by atoms with Crippen LogP contribution in [0.25, 0.3) is 74.6 Å². The molecule has 0 amide bonds. The number of rotatable bonds is 4. The van der Waals surface area contributed by atoms with Gasteiger partial charge in [0.1, 0.15) is 20.0 Å². The van der Waals surface area contributed by atoms with Crippen molar-refractivity contribution in [2.75, 3.05) is 0 Å². The summed E-state index contributed by atoms with van der Waals surface area (Å²) in [6.07, 6.45) is 7.51. The molecule has 0 bridgehead atoms. The first kappa shape index (κ1) is 20.6. The molecule has 8 rings (SSSR count). The van der Waals surface area contributed by atoms with E-state index in [0.29, 0.717) is 0 Å². The first-order chi connectivity index (χ1) is 17.9. The van der Waals surface area contributed by atoms with Crippen LogP contribution in [0.15, 0.2) is 82.7 Å². The lowest BCUT2D eigenvalue weighted by atomic mass is 9.86.